The summed E-state index contributed by atoms with van der Waals surface area (Å²) in [4.78, 5) is 12.4. The zero-order valence-electron chi connectivity index (χ0n) is 12.5. The van der Waals surface area contributed by atoms with Gasteiger partial charge in [-0.15, -0.1) is 10.2 Å². The van der Waals surface area contributed by atoms with E-state index >= 15 is 0 Å². The minimum Gasteiger partial charge on any atom is -0.423 e. The van der Waals surface area contributed by atoms with Gasteiger partial charge in [0.25, 0.3) is 5.91 Å². The largest absolute Gasteiger partial charge is 0.423 e. The third-order valence-corrected chi connectivity index (χ3v) is 3.62. The van der Waals surface area contributed by atoms with E-state index in [9.17, 15) is 4.79 Å². The van der Waals surface area contributed by atoms with Crippen molar-refractivity contribution in [3.63, 3.8) is 0 Å². The van der Waals surface area contributed by atoms with Gasteiger partial charge < -0.3 is 14.3 Å². The van der Waals surface area contributed by atoms with E-state index in [1.807, 2.05) is 43.7 Å². The first-order valence-electron chi connectivity index (χ1n) is 7.37. The molecule has 1 aliphatic carbocycles. The molecule has 2 aromatic rings. The highest BCUT2D eigenvalue weighted by Crippen LogP contribution is 2.36. The van der Waals surface area contributed by atoms with Gasteiger partial charge >= 0.3 is 0 Å². The molecule has 1 amide bonds. The third kappa shape index (κ3) is 2.84. The van der Waals surface area contributed by atoms with E-state index in [2.05, 4.69) is 15.5 Å². The Hall–Kier alpha value is -2.11. The molecule has 0 aromatic carbocycles. The Morgan fingerprint density at radius 3 is 2.67 bits per heavy atom. The van der Waals surface area contributed by atoms with E-state index in [4.69, 9.17) is 4.42 Å². The first-order chi connectivity index (χ1) is 10.1. The average Bonchev–Trinajstić information content (AvgIpc) is 2.99. The normalized spacial score (nSPS) is 16.2. The van der Waals surface area contributed by atoms with Gasteiger partial charge in [0.1, 0.15) is 11.7 Å². The van der Waals surface area contributed by atoms with Crippen LogP contribution in [0.15, 0.2) is 22.7 Å². The van der Waals surface area contributed by atoms with Gasteiger partial charge in [-0.3, -0.25) is 4.79 Å². The van der Waals surface area contributed by atoms with E-state index in [0.29, 0.717) is 23.5 Å². The van der Waals surface area contributed by atoms with Crippen molar-refractivity contribution in [2.24, 2.45) is 0 Å². The van der Waals surface area contributed by atoms with Crippen LogP contribution in [0.25, 0.3) is 0 Å². The van der Waals surface area contributed by atoms with E-state index in [1.54, 1.807) is 0 Å². The predicted molar refractivity (Wildman–Crippen MR) is 77.0 cm³/mol. The summed E-state index contributed by atoms with van der Waals surface area (Å²) >= 11 is 0. The molecule has 0 saturated heterocycles. The summed E-state index contributed by atoms with van der Waals surface area (Å²) in [5.41, 5.74) is 0.688. The second-order valence-electron chi connectivity index (χ2n) is 5.86. The number of hydrogen-bond donors (Lipinski definition) is 1. The fourth-order valence-corrected chi connectivity index (χ4v) is 2.24. The van der Waals surface area contributed by atoms with Crippen molar-refractivity contribution in [3.8, 4) is 0 Å². The fourth-order valence-electron chi connectivity index (χ4n) is 2.24. The van der Waals surface area contributed by atoms with Crippen LogP contribution < -0.4 is 5.32 Å². The second kappa shape index (κ2) is 5.35. The molecule has 1 fully saturated rings. The van der Waals surface area contributed by atoms with Crippen molar-refractivity contribution in [1.82, 2.24) is 20.1 Å². The molecule has 0 aliphatic heterocycles. The summed E-state index contributed by atoms with van der Waals surface area (Å²) in [6, 6.07) is 3.92. The van der Waals surface area contributed by atoms with Crippen molar-refractivity contribution >= 4 is 5.91 Å². The number of rotatable bonds is 5. The molecule has 2 aromatic heterocycles. The molecule has 2 heterocycles. The van der Waals surface area contributed by atoms with Crippen LogP contribution in [0, 0.1) is 0 Å². The Balaban J connectivity index is 1.69. The average molecular weight is 288 g/mol. The van der Waals surface area contributed by atoms with Crippen LogP contribution in [-0.2, 0) is 0 Å². The molecule has 0 radical (unpaired) electrons. The first kappa shape index (κ1) is 13.9. The number of amides is 1. The lowest BCUT2D eigenvalue weighted by Gasteiger charge is -2.12. The molecule has 1 aliphatic rings. The van der Waals surface area contributed by atoms with E-state index in [0.717, 1.165) is 12.8 Å². The number of carbonyl (C=O) groups excluding carboxylic acids is 1. The quantitative estimate of drug-likeness (QED) is 0.918. The van der Waals surface area contributed by atoms with Crippen molar-refractivity contribution in [1.29, 1.82) is 0 Å². The molecule has 6 nitrogen and oxygen atoms in total. The van der Waals surface area contributed by atoms with Crippen LogP contribution in [0.5, 0.6) is 0 Å². The SMILES string of the molecule is CC(C)c1nnc([C@@H](C)NC(=O)c2cccn2C2CC2)o1. The van der Waals surface area contributed by atoms with E-state index in [-0.39, 0.29) is 17.9 Å². The van der Waals surface area contributed by atoms with Gasteiger partial charge in [0.2, 0.25) is 11.8 Å². The maximum Gasteiger partial charge on any atom is 0.268 e. The molecule has 1 N–H and O–H groups in total. The highest BCUT2D eigenvalue weighted by Gasteiger charge is 2.27. The highest BCUT2D eigenvalue weighted by molar-refractivity contribution is 5.93. The van der Waals surface area contributed by atoms with Gasteiger partial charge in [-0.1, -0.05) is 13.8 Å². The summed E-state index contributed by atoms with van der Waals surface area (Å²) in [7, 11) is 0. The Morgan fingerprint density at radius 1 is 1.33 bits per heavy atom. The van der Waals surface area contributed by atoms with Crippen LogP contribution in [0.3, 0.4) is 0 Å². The lowest BCUT2D eigenvalue weighted by molar-refractivity contribution is 0.0924. The molecular weight excluding hydrogens is 268 g/mol. The minimum absolute atomic E-state index is 0.108. The Kier molecular flexibility index (Phi) is 3.53. The molecule has 3 rings (SSSR count). The zero-order valence-corrected chi connectivity index (χ0v) is 12.5. The number of nitrogens with one attached hydrogen (secondary N) is 1. The number of carbonyl (C=O) groups is 1. The first-order valence-corrected chi connectivity index (χ1v) is 7.37. The molecule has 0 bridgehead atoms. The standard InChI is InChI=1S/C15H20N4O2/c1-9(2)14-17-18-15(21-14)10(3)16-13(20)12-5-4-8-19(12)11-6-7-11/h4-5,8-11H,6-7H2,1-3H3,(H,16,20)/t10-/m1/s1. The third-order valence-electron chi connectivity index (χ3n) is 3.62. The monoisotopic (exact) mass is 288 g/mol. The number of nitrogens with zero attached hydrogens (tertiary/aromatic N) is 3. The Labute approximate surface area is 123 Å². The Morgan fingerprint density at radius 2 is 2.05 bits per heavy atom. The molecule has 0 unspecified atom stereocenters. The summed E-state index contributed by atoms with van der Waals surface area (Å²) in [6.45, 7) is 5.83. The second-order valence-corrected chi connectivity index (χ2v) is 5.86. The van der Waals surface area contributed by atoms with Crippen LogP contribution in [-0.4, -0.2) is 20.7 Å². The van der Waals surface area contributed by atoms with Gasteiger partial charge in [0.15, 0.2) is 0 Å². The lowest BCUT2D eigenvalue weighted by atomic mass is 10.2. The number of aromatic nitrogens is 3. The number of hydrogen-bond acceptors (Lipinski definition) is 4. The summed E-state index contributed by atoms with van der Waals surface area (Å²) < 4.78 is 7.61. The smallest absolute Gasteiger partial charge is 0.268 e. The van der Waals surface area contributed by atoms with Crippen LogP contribution in [0.2, 0.25) is 0 Å². The molecule has 21 heavy (non-hydrogen) atoms. The van der Waals surface area contributed by atoms with E-state index < -0.39 is 0 Å². The van der Waals surface area contributed by atoms with Gasteiger partial charge in [0, 0.05) is 18.2 Å². The van der Waals surface area contributed by atoms with Crippen LogP contribution in [0.4, 0.5) is 0 Å². The summed E-state index contributed by atoms with van der Waals surface area (Å²) in [5, 5.41) is 10.9. The highest BCUT2D eigenvalue weighted by atomic mass is 16.4. The van der Waals surface area contributed by atoms with Crippen molar-refractivity contribution in [2.45, 2.75) is 51.6 Å². The molecule has 1 atom stereocenters. The maximum absolute atomic E-state index is 12.4. The summed E-state index contributed by atoms with van der Waals surface area (Å²) in [5.74, 6) is 1.11. The lowest BCUT2D eigenvalue weighted by Crippen LogP contribution is -2.28. The van der Waals surface area contributed by atoms with Crippen molar-refractivity contribution < 1.29 is 9.21 Å². The summed E-state index contributed by atoms with van der Waals surface area (Å²) in [6.07, 6.45) is 4.25. The maximum atomic E-state index is 12.4. The molecule has 1 saturated carbocycles. The zero-order chi connectivity index (χ0) is 15.0. The molecule has 112 valence electrons. The van der Waals surface area contributed by atoms with Gasteiger partial charge in [-0.25, -0.2) is 0 Å². The Bertz CT molecular complexity index is 640. The predicted octanol–water partition coefficient (Wildman–Crippen LogP) is 2.82. The van der Waals surface area contributed by atoms with E-state index in [1.165, 1.54) is 0 Å². The van der Waals surface area contributed by atoms with Crippen LogP contribution >= 0.6 is 0 Å². The fraction of sp³-hybridized carbons (Fsp3) is 0.533. The van der Waals surface area contributed by atoms with Crippen LogP contribution in [0.1, 0.15) is 73.9 Å². The van der Waals surface area contributed by atoms with Gasteiger partial charge in [-0.2, -0.15) is 0 Å². The van der Waals surface area contributed by atoms with Crippen molar-refractivity contribution in [3.05, 3.63) is 35.8 Å². The van der Waals surface area contributed by atoms with Gasteiger partial charge in [0.05, 0.1) is 0 Å². The van der Waals surface area contributed by atoms with Crippen molar-refractivity contribution in [2.75, 3.05) is 0 Å². The van der Waals surface area contributed by atoms with Gasteiger partial charge in [-0.05, 0) is 31.9 Å². The topological polar surface area (TPSA) is 73.0 Å². The minimum atomic E-state index is -0.306. The molecular formula is C15H20N4O2. The molecule has 6 heteroatoms. The molecule has 0 spiro atoms.